The Balaban J connectivity index is 2.13. The first-order valence-electron chi connectivity index (χ1n) is 6.17. The van der Waals surface area contributed by atoms with Crippen LogP contribution in [0.1, 0.15) is 40.5 Å². The monoisotopic (exact) mass is 213 g/mol. The van der Waals surface area contributed by atoms with E-state index in [1.807, 2.05) is 0 Å². The molecule has 1 rings (SSSR count). The summed E-state index contributed by atoms with van der Waals surface area (Å²) in [5.74, 6) is 1.85. The molecule has 90 valence electrons. The van der Waals surface area contributed by atoms with Crippen LogP contribution in [0.2, 0.25) is 0 Å². The van der Waals surface area contributed by atoms with Crippen LogP contribution < -0.4 is 0 Å². The molecule has 1 aliphatic carbocycles. The zero-order chi connectivity index (χ0) is 11.6. The fourth-order valence-electron chi connectivity index (χ4n) is 1.92. The van der Waals surface area contributed by atoms with Crippen LogP contribution in [-0.2, 0) is 0 Å². The van der Waals surface area contributed by atoms with Crippen molar-refractivity contribution in [2.75, 3.05) is 20.1 Å². The Bertz CT molecular complexity index is 197. The Kier molecular flexibility index (Phi) is 4.19. The molecule has 0 aromatic heterocycles. The smallest absolute Gasteiger partial charge is 0.0600 e. The van der Waals surface area contributed by atoms with Crippen molar-refractivity contribution >= 4 is 0 Å². The molecule has 1 N–H and O–H groups in total. The summed E-state index contributed by atoms with van der Waals surface area (Å²) in [5.41, 5.74) is 0.0215. The predicted molar refractivity (Wildman–Crippen MR) is 64.8 cm³/mol. The number of aliphatic hydroxyl groups is 1. The molecule has 0 amide bonds. The number of hydrogen-bond donors (Lipinski definition) is 1. The van der Waals surface area contributed by atoms with E-state index in [2.05, 4.69) is 39.6 Å². The van der Waals surface area contributed by atoms with Gasteiger partial charge in [0, 0.05) is 13.1 Å². The van der Waals surface area contributed by atoms with Crippen LogP contribution in [0.4, 0.5) is 0 Å². The van der Waals surface area contributed by atoms with E-state index >= 15 is 0 Å². The molecule has 0 saturated heterocycles. The molecule has 1 saturated carbocycles. The molecule has 2 nitrogen and oxygen atoms in total. The lowest BCUT2D eigenvalue weighted by Gasteiger charge is -2.27. The summed E-state index contributed by atoms with van der Waals surface area (Å²) in [7, 11) is 2.17. The number of hydrogen-bond acceptors (Lipinski definition) is 2. The molecule has 0 aromatic rings. The summed E-state index contributed by atoms with van der Waals surface area (Å²) < 4.78 is 0. The summed E-state index contributed by atoms with van der Waals surface area (Å²) >= 11 is 0. The molecule has 3 atom stereocenters. The molecule has 1 aliphatic rings. The lowest BCUT2D eigenvalue weighted by Crippen LogP contribution is -2.32. The average molecular weight is 213 g/mol. The minimum Gasteiger partial charge on any atom is -0.393 e. The summed E-state index contributed by atoms with van der Waals surface area (Å²) in [6.45, 7) is 10.8. The Morgan fingerprint density at radius 2 is 1.93 bits per heavy atom. The summed E-state index contributed by atoms with van der Waals surface area (Å²) in [4.78, 5) is 2.36. The van der Waals surface area contributed by atoms with Crippen molar-refractivity contribution in [3.63, 3.8) is 0 Å². The molecule has 0 radical (unpaired) electrons. The van der Waals surface area contributed by atoms with E-state index in [4.69, 9.17) is 0 Å². The number of aliphatic hydroxyl groups excluding tert-OH is 1. The van der Waals surface area contributed by atoms with E-state index in [1.54, 1.807) is 0 Å². The average Bonchev–Trinajstić information content (AvgIpc) is 2.75. The van der Waals surface area contributed by atoms with Crippen LogP contribution >= 0.6 is 0 Å². The van der Waals surface area contributed by atoms with Gasteiger partial charge in [-0.3, -0.25) is 0 Å². The van der Waals surface area contributed by atoms with Gasteiger partial charge in [-0.05, 0) is 37.1 Å². The largest absolute Gasteiger partial charge is 0.393 e. The number of rotatable bonds is 5. The fourth-order valence-corrected chi connectivity index (χ4v) is 1.92. The third-order valence-electron chi connectivity index (χ3n) is 3.61. The maximum absolute atomic E-state index is 9.91. The van der Waals surface area contributed by atoms with Gasteiger partial charge in [-0.15, -0.1) is 0 Å². The molecule has 0 heterocycles. The van der Waals surface area contributed by atoms with Gasteiger partial charge >= 0.3 is 0 Å². The molecular weight excluding hydrogens is 186 g/mol. The first-order valence-corrected chi connectivity index (χ1v) is 6.17. The standard InChI is InChI=1S/C13H27NO/c1-10-8-11(10)9-14(5)7-6-12(15)13(2,3)4/h10-12,15H,6-9H2,1-5H3. The van der Waals surface area contributed by atoms with Crippen molar-refractivity contribution in [3.05, 3.63) is 0 Å². The lowest BCUT2D eigenvalue weighted by molar-refractivity contribution is 0.0475. The molecule has 1 fully saturated rings. The van der Waals surface area contributed by atoms with Gasteiger partial charge in [-0.1, -0.05) is 27.7 Å². The summed E-state index contributed by atoms with van der Waals surface area (Å²) in [6.07, 6.45) is 2.10. The van der Waals surface area contributed by atoms with E-state index in [1.165, 1.54) is 13.0 Å². The second-order valence-corrected chi connectivity index (χ2v) is 6.41. The zero-order valence-electron chi connectivity index (χ0n) is 11.0. The molecule has 0 aromatic carbocycles. The first-order chi connectivity index (χ1) is 6.80. The van der Waals surface area contributed by atoms with Gasteiger partial charge < -0.3 is 10.0 Å². The van der Waals surface area contributed by atoms with Gasteiger partial charge in [0.15, 0.2) is 0 Å². The highest BCUT2D eigenvalue weighted by Crippen LogP contribution is 2.38. The normalized spacial score (nSPS) is 28.2. The molecule has 15 heavy (non-hydrogen) atoms. The molecule has 0 spiro atoms. The van der Waals surface area contributed by atoms with Crippen molar-refractivity contribution in [1.82, 2.24) is 4.90 Å². The summed E-state index contributed by atoms with van der Waals surface area (Å²) in [6, 6.07) is 0. The van der Waals surface area contributed by atoms with E-state index in [0.29, 0.717) is 0 Å². The van der Waals surface area contributed by atoms with Crippen LogP contribution in [0.5, 0.6) is 0 Å². The second kappa shape index (κ2) is 4.84. The van der Waals surface area contributed by atoms with Crippen molar-refractivity contribution in [2.24, 2.45) is 17.3 Å². The van der Waals surface area contributed by atoms with Crippen LogP contribution in [0.15, 0.2) is 0 Å². The van der Waals surface area contributed by atoms with E-state index < -0.39 is 0 Å². The maximum Gasteiger partial charge on any atom is 0.0600 e. The number of nitrogens with zero attached hydrogens (tertiary/aromatic N) is 1. The SMILES string of the molecule is CC1CC1CN(C)CCC(O)C(C)(C)C. The quantitative estimate of drug-likeness (QED) is 0.758. The summed E-state index contributed by atoms with van der Waals surface area (Å²) in [5, 5.41) is 9.91. The first kappa shape index (κ1) is 13.0. The van der Waals surface area contributed by atoms with E-state index in [9.17, 15) is 5.11 Å². The topological polar surface area (TPSA) is 23.5 Å². The van der Waals surface area contributed by atoms with Crippen molar-refractivity contribution in [3.8, 4) is 0 Å². The van der Waals surface area contributed by atoms with Gasteiger partial charge in [0.05, 0.1) is 6.10 Å². The Morgan fingerprint density at radius 3 is 2.33 bits per heavy atom. The zero-order valence-corrected chi connectivity index (χ0v) is 11.0. The van der Waals surface area contributed by atoms with Crippen molar-refractivity contribution in [1.29, 1.82) is 0 Å². The minimum atomic E-state index is -0.184. The molecule has 0 bridgehead atoms. The predicted octanol–water partition coefficient (Wildman–Crippen LogP) is 2.37. The minimum absolute atomic E-state index is 0.0215. The molecule has 3 unspecified atom stereocenters. The fraction of sp³-hybridized carbons (Fsp3) is 1.00. The van der Waals surface area contributed by atoms with Gasteiger partial charge in [-0.2, -0.15) is 0 Å². The van der Waals surface area contributed by atoms with Gasteiger partial charge in [0.25, 0.3) is 0 Å². The van der Waals surface area contributed by atoms with Gasteiger partial charge in [0.1, 0.15) is 0 Å². The third kappa shape index (κ3) is 4.52. The Labute approximate surface area is 94.7 Å². The van der Waals surface area contributed by atoms with Crippen LogP contribution in [0.25, 0.3) is 0 Å². The second-order valence-electron chi connectivity index (χ2n) is 6.41. The van der Waals surface area contributed by atoms with Crippen LogP contribution in [-0.4, -0.2) is 36.2 Å². The molecule has 0 aliphatic heterocycles. The highest BCUT2D eigenvalue weighted by atomic mass is 16.3. The molecular formula is C13H27NO. The van der Waals surface area contributed by atoms with E-state index in [-0.39, 0.29) is 11.5 Å². The maximum atomic E-state index is 9.91. The highest BCUT2D eigenvalue weighted by Gasteiger charge is 2.33. The van der Waals surface area contributed by atoms with Crippen LogP contribution in [0, 0.1) is 17.3 Å². The van der Waals surface area contributed by atoms with Crippen LogP contribution in [0.3, 0.4) is 0 Å². The van der Waals surface area contributed by atoms with Crippen molar-refractivity contribution in [2.45, 2.75) is 46.6 Å². The Hall–Kier alpha value is -0.0800. The van der Waals surface area contributed by atoms with E-state index in [0.717, 1.165) is 24.8 Å². The third-order valence-corrected chi connectivity index (χ3v) is 3.61. The lowest BCUT2D eigenvalue weighted by atomic mass is 9.87. The Morgan fingerprint density at radius 1 is 1.40 bits per heavy atom. The highest BCUT2D eigenvalue weighted by molar-refractivity contribution is 4.84. The van der Waals surface area contributed by atoms with Gasteiger partial charge in [0.2, 0.25) is 0 Å². The van der Waals surface area contributed by atoms with Crippen molar-refractivity contribution < 1.29 is 5.11 Å². The molecule has 2 heteroatoms. The van der Waals surface area contributed by atoms with Gasteiger partial charge in [-0.25, -0.2) is 0 Å².